The number of aryl methyl sites for hydroxylation is 1. The highest BCUT2D eigenvalue weighted by molar-refractivity contribution is 6.31. The second-order valence-electron chi connectivity index (χ2n) is 4.65. The van der Waals surface area contributed by atoms with E-state index < -0.39 is 0 Å². The van der Waals surface area contributed by atoms with Crippen molar-refractivity contribution in [3.05, 3.63) is 29.0 Å². The molecule has 1 N–H and O–H groups in total. The molecule has 92 valence electrons. The van der Waals surface area contributed by atoms with Crippen LogP contribution in [0.1, 0.15) is 26.1 Å². The molecule has 0 atom stereocenters. The van der Waals surface area contributed by atoms with Crippen LogP contribution >= 0.6 is 11.6 Å². The highest BCUT2D eigenvalue weighted by Crippen LogP contribution is 2.21. The number of rotatable bonds is 4. The first kappa shape index (κ1) is 12.4. The van der Waals surface area contributed by atoms with Gasteiger partial charge in [0.1, 0.15) is 12.4 Å². The van der Waals surface area contributed by atoms with Gasteiger partial charge in [-0.05, 0) is 30.5 Å². The molecular weight excluding hydrogens is 236 g/mol. The molecule has 2 aromatic rings. The fourth-order valence-electron chi connectivity index (χ4n) is 1.91. The minimum absolute atomic E-state index is 0.0373. The highest BCUT2D eigenvalue weighted by Gasteiger charge is 2.10. The van der Waals surface area contributed by atoms with Crippen molar-refractivity contribution in [1.82, 2.24) is 9.55 Å². The molecule has 0 saturated heterocycles. The number of halogens is 1. The van der Waals surface area contributed by atoms with E-state index in [1.807, 2.05) is 18.2 Å². The third kappa shape index (κ3) is 2.61. The Kier molecular flexibility index (Phi) is 3.69. The maximum absolute atomic E-state index is 9.34. The lowest BCUT2D eigenvalue weighted by atomic mass is 10.1. The van der Waals surface area contributed by atoms with Crippen molar-refractivity contribution in [2.75, 3.05) is 0 Å². The normalized spacial score (nSPS) is 11.6. The third-order valence-corrected chi connectivity index (χ3v) is 3.10. The molecule has 2 rings (SSSR count). The molecule has 3 nitrogen and oxygen atoms in total. The fourth-order valence-corrected chi connectivity index (χ4v) is 2.08. The Bertz CT molecular complexity index is 519. The van der Waals surface area contributed by atoms with E-state index in [4.69, 9.17) is 11.6 Å². The van der Waals surface area contributed by atoms with E-state index in [2.05, 4.69) is 23.4 Å². The fraction of sp³-hybridized carbons (Fsp3) is 0.462. The number of aliphatic hydroxyl groups is 1. The van der Waals surface area contributed by atoms with Crippen molar-refractivity contribution in [1.29, 1.82) is 0 Å². The van der Waals surface area contributed by atoms with Crippen LogP contribution in [0.25, 0.3) is 11.0 Å². The minimum atomic E-state index is -0.0373. The molecule has 1 aromatic heterocycles. The first-order chi connectivity index (χ1) is 8.11. The van der Waals surface area contributed by atoms with Gasteiger partial charge in [0.05, 0.1) is 11.0 Å². The zero-order valence-corrected chi connectivity index (χ0v) is 10.9. The average Bonchev–Trinajstić information content (AvgIpc) is 2.63. The lowest BCUT2D eigenvalue weighted by molar-refractivity contribution is 0.264. The Balaban J connectivity index is 2.43. The number of hydrogen-bond acceptors (Lipinski definition) is 2. The van der Waals surface area contributed by atoms with Gasteiger partial charge in [-0.2, -0.15) is 0 Å². The van der Waals surface area contributed by atoms with Crippen LogP contribution in [0.3, 0.4) is 0 Å². The molecule has 0 spiro atoms. The second-order valence-corrected chi connectivity index (χ2v) is 5.09. The SMILES string of the molecule is CC(C)CCn1c(CO)nc2cc(Cl)ccc21. The van der Waals surface area contributed by atoms with E-state index in [1.165, 1.54) is 0 Å². The van der Waals surface area contributed by atoms with Gasteiger partial charge in [0.15, 0.2) is 0 Å². The average molecular weight is 253 g/mol. The molecule has 0 radical (unpaired) electrons. The van der Waals surface area contributed by atoms with E-state index in [1.54, 1.807) is 0 Å². The molecule has 0 unspecified atom stereocenters. The summed E-state index contributed by atoms with van der Waals surface area (Å²) in [6, 6.07) is 5.66. The van der Waals surface area contributed by atoms with Crippen LogP contribution in [0, 0.1) is 5.92 Å². The molecule has 17 heavy (non-hydrogen) atoms. The van der Waals surface area contributed by atoms with E-state index in [0.717, 1.165) is 24.0 Å². The number of fused-ring (bicyclic) bond motifs is 1. The Labute approximate surface area is 106 Å². The lowest BCUT2D eigenvalue weighted by Crippen LogP contribution is -2.06. The summed E-state index contributed by atoms with van der Waals surface area (Å²) in [5.41, 5.74) is 1.89. The van der Waals surface area contributed by atoms with E-state index >= 15 is 0 Å². The predicted octanol–water partition coefficient (Wildman–Crippen LogP) is 3.23. The van der Waals surface area contributed by atoms with Crippen LogP contribution in [-0.4, -0.2) is 14.7 Å². The van der Waals surface area contributed by atoms with Gasteiger partial charge in [0.25, 0.3) is 0 Å². The molecule has 0 bridgehead atoms. The molecule has 1 aromatic carbocycles. The van der Waals surface area contributed by atoms with Crippen molar-refractivity contribution >= 4 is 22.6 Å². The summed E-state index contributed by atoms with van der Waals surface area (Å²) in [5.74, 6) is 1.34. The highest BCUT2D eigenvalue weighted by atomic mass is 35.5. The molecule has 0 aliphatic rings. The van der Waals surface area contributed by atoms with Gasteiger partial charge >= 0.3 is 0 Å². The van der Waals surface area contributed by atoms with Gasteiger partial charge in [0, 0.05) is 11.6 Å². The van der Waals surface area contributed by atoms with Crippen LogP contribution in [0.5, 0.6) is 0 Å². The summed E-state index contributed by atoms with van der Waals surface area (Å²) in [6.07, 6.45) is 1.07. The molecule has 1 heterocycles. The zero-order chi connectivity index (χ0) is 12.4. The molecule has 0 aliphatic heterocycles. The minimum Gasteiger partial charge on any atom is -0.388 e. The van der Waals surface area contributed by atoms with Crippen molar-refractivity contribution in [2.45, 2.75) is 33.4 Å². The van der Waals surface area contributed by atoms with Crippen LogP contribution < -0.4 is 0 Å². The Morgan fingerprint density at radius 2 is 2.18 bits per heavy atom. The van der Waals surface area contributed by atoms with Crippen molar-refractivity contribution in [2.24, 2.45) is 5.92 Å². The summed E-state index contributed by atoms with van der Waals surface area (Å²) in [7, 11) is 0. The first-order valence-electron chi connectivity index (χ1n) is 5.87. The Morgan fingerprint density at radius 1 is 1.41 bits per heavy atom. The second kappa shape index (κ2) is 5.07. The number of aromatic nitrogens is 2. The van der Waals surface area contributed by atoms with Gasteiger partial charge in [0.2, 0.25) is 0 Å². The first-order valence-corrected chi connectivity index (χ1v) is 6.25. The summed E-state index contributed by atoms with van der Waals surface area (Å²) in [6.45, 7) is 5.22. The summed E-state index contributed by atoms with van der Waals surface area (Å²) < 4.78 is 2.08. The zero-order valence-electron chi connectivity index (χ0n) is 10.2. The predicted molar refractivity (Wildman–Crippen MR) is 70.1 cm³/mol. The standard InChI is InChI=1S/C13H17ClN2O/c1-9(2)5-6-16-12-4-3-10(14)7-11(12)15-13(16)8-17/h3-4,7,9,17H,5-6,8H2,1-2H3. The van der Waals surface area contributed by atoms with E-state index in [9.17, 15) is 5.11 Å². The Hall–Kier alpha value is -1.06. The van der Waals surface area contributed by atoms with Crippen LogP contribution in [0.15, 0.2) is 18.2 Å². The Morgan fingerprint density at radius 3 is 2.82 bits per heavy atom. The summed E-state index contributed by atoms with van der Waals surface area (Å²) in [5, 5.41) is 10.0. The summed E-state index contributed by atoms with van der Waals surface area (Å²) in [4.78, 5) is 4.40. The number of benzene rings is 1. The lowest BCUT2D eigenvalue weighted by Gasteiger charge is -2.09. The summed E-state index contributed by atoms with van der Waals surface area (Å²) >= 11 is 5.94. The smallest absolute Gasteiger partial charge is 0.135 e. The van der Waals surface area contributed by atoms with Gasteiger partial charge < -0.3 is 9.67 Å². The molecule has 0 fully saturated rings. The van der Waals surface area contributed by atoms with Crippen molar-refractivity contribution in [3.63, 3.8) is 0 Å². The van der Waals surface area contributed by atoms with Gasteiger partial charge in [-0.1, -0.05) is 25.4 Å². The van der Waals surface area contributed by atoms with Crippen LogP contribution in [0.2, 0.25) is 5.02 Å². The maximum atomic E-state index is 9.34. The van der Waals surface area contributed by atoms with Crippen LogP contribution in [0.4, 0.5) is 0 Å². The largest absolute Gasteiger partial charge is 0.388 e. The number of imidazole rings is 1. The van der Waals surface area contributed by atoms with Gasteiger partial charge in [-0.25, -0.2) is 4.98 Å². The molecule has 0 amide bonds. The van der Waals surface area contributed by atoms with Crippen molar-refractivity contribution in [3.8, 4) is 0 Å². The van der Waals surface area contributed by atoms with E-state index in [0.29, 0.717) is 16.8 Å². The van der Waals surface area contributed by atoms with E-state index in [-0.39, 0.29) is 6.61 Å². The third-order valence-electron chi connectivity index (χ3n) is 2.86. The molecule has 0 saturated carbocycles. The molecule has 4 heteroatoms. The number of hydrogen-bond donors (Lipinski definition) is 1. The van der Waals surface area contributed by atoms with Crippen LogP contribution in [-0.2, 0) is 13.2 Å². The maximum Gasteiger partial charge on any atom is 0.135 e. The molecular formula is C13H17ClN2O. The van der Waals surface area contributed by atoms with Gasteiger partial charge in [-0.3, -0.25) is 0 Å². The molecule has 0 aliphatic carbocycles. The van der Waals surface area contributed by atoms with Crippen molar-refractivity contribution < 1.29 is 5.11 Å². The topological polar surface area (TPSA) is 38.0 Å². The van der Waals surface area contributed by atoms with Gasteiger partial charge in [-0.15, -0.1) is 0 Å². The quantitative estimate of drug-likeness (QED) is 0.907. The monoisotopic (exact) mass is 252 g/mol. The number of aliphatic hydroxyl groups excluding tert-OH is 1. The number of nitrogens with zero attached hydrogens (tertiary/aromatic N) is 2.